The number of hydrogen-bond donors (Lipinski definition) is 1. The van der Waals surface area contributed by atoms with Crippen LogP contribution in [-0.4, -0.2) is 29.6 Å². The minimum Gasteiger partial charge on any atom is -0.328 e. The van der Waals surface area contributed by atoms with Crippen LogP contribution < -0.4 is 5.73 Å². The first-order valence-electron chi connectivity index (χ1n) is 8.28. The van der Waals surface area contributed by atoms with Gasteiger partial charge in [-0.05, 0) is 39.0 Å². The van der Waals surface area contributed by atoms with Crippen LogP contribution in [0.1, 0.15) is 77.6 Å². The molecule has 0 aromatic heterocycles. The van der Waals surface area contributed by atoms with E-state index in [4.69, 9.17) is 5.73 Å². The molecule has 2 fully saturated rings. The molecule has 1 atom stereocenters. The van der Waals surface area contributed by atoms with E-state index in [-0.39, 0.29) is 0 Å². The van der Waals surface area contributed by atoms with E-state index in [9.17, 15) is 0 Å². The van der Waals surface area contributed by atoms with Crippen molar-refractivity contribution in [2.45, 2.75) is 95.7 Å². The molecule has 2 N–H and O–H groups in total. The number of nitrogens with zero attached hydrogens (tertiary/aromatic N) is 1. The summed E-state index contributed by atoms with van der Waals surface area (Å²) in [6.45, 7) is 3.40. The van der Waals surface area contributed by atoms with Gasteiger partial charge in [-0.2, -0.15) is 0 Å². The van der Waals surface area contributed by atoms with E-state index >= 15 is 0 Å². The summed E-state index contributed by atoms with van der Waals surface area (Å²) in [4.78, 5) is 2.86. The zero-order valence-electron chi connectivity index (χ0n) is 12.2. The van der Waals surface area contributed by atoms with Crippen molar-refractivity contribution in [2.24, 2.45) is 5.73 Å². The Balaban J connectivity index is 1.91. The summed E-state index contributed by atoms with van der Waals surface area (Å²) in [6.07, 6.45) is 15.7. The van der Waals surface area contributed by atoms with Crippen LogP contribution in [0.25, 0.3) is 0 Å². The second-order valence-corrected chi connectivity index (χ2v) is 6.59. The van der Waals surface area contributed by atoms with Gasteiger partial charge in [0.15, 0.2) is 0 Å². The maximum absolute atomic E-state index is 5.97. The lowest BCUT2D eigenvalue weighted by Crippen LogP contribution is -2.46. The Kier molecular flexibility index (Phi) is 5.97. The Morgan fingerprint density at radius 3 is 1.72 bits per heavy atom. The highest BCUT2D eigenvalue weighted by Crippen LogP contribution is 2.30. The van der Waals surface area contributed by atoms with Gasteiger partial charge in [0, 0.05) is 24.7 Å². The second-order valence-electron chi connectivity index (χ2n) is 6.59. The summed E-state index contributed by atoms with van der Waals surface area (Å²) in [5.41, 5.74) is 5.97. The first-order chi connectivity index (χ1) is 8.77. The van der Waals surface area contributed by atoms with E-state index in [0.717, 1.165) is 12.1 Å². The van der Waals surface area contributed by atoms with Crippen LogP contribution in [0.4, 0.5) is 0 Å². The molecule has 2 rings (SSSR count). The molecule has 0 amide bonds. The average Bonchev–Trinajstić information content (AvgIpc) is 2.41. The van der Waals surface area contributed by atoms with Crippen LogP contribution in [-0.2, 0) is 0 Å². The fourth-order valence-corrected chi connectivity index (χ4v) is 3.84. The summed E-state index contributed by atoms with van der Waals surface area (Å²) in [5, 5.41) is 0. The van der Waals surface area contributed by atoms with Gasteiger partial charge in [0.05, 0.1) is 0 Å². The Morgan fingerprint density at radius 1 is 0.889 bits per heavy atom. The van der Waals surface area contributed by atoms with Gasteiger partial charge in [0.25, 0.3) is 0 Å². The molecule has 0 aromatic rings. The van der Waals surface area contributed by atoms with Crippen molar-refractivity contribution in [1.82, 2.24) is 4.90 Å². The lowest BCUT2D eigenvalue weighted by molar-refractivity contribution is 0.0781. The first kappa shape index (κ1) is 14.3. The molecule has 2 heteroatoms. The van der Waals surface area contributed by atoms with Crippen molar-refractivity contribution >= 4 is 0 Å². The van der Waals surface area contributed by atoms with Crippen LogP contribution >= 0.6 is 0 Å². The Bertz CT molecular complexity index is 197. The third-order valence-corrected chi connectivity index (χ3v) is 4.93. The van der Waals surface area contributed by atoms with E-state index in [1.165, 1.54) is 77.2 Å². The molecule has 2 saturated carbocycles. The summed E-state index contributed by atoms with van der Waals surface area (Å²) in [7, 11) is 0. The summed E-state index contributed by atoms with van der Waals surface area (Å²) >= 11 is 0. The van der Waals surface area contributed by atoms with Crippen LogP contribution in [0.2, 0.25) is 0 Å². The van der Waals surface area contributed by atoms with Gasteiger partial charge in [-0.15, -0.1) is 0 Å². The minimum atomic E-state index is 0.361. The van der Waals surface area contributed by atoms with E-state index < -0.39 is 0 Å². The van der Waals surface area contributed by atoms with Gasteiger partial charge in [-0.25, -0.2) is 0 Å². The predicted octanol–water partition coefficient (Wildman–Crippen LogP) is 3.69. The van der Waals surface area contributed by atoms with E-state index in [0.29, 0.717) is 6.04 Å². The fourth-order valence-electron chi connectivity index (χ4n) is 3.84. The average molecular weight is 252 g/mol. The number of nitrogens with two attached hydrogens (primary N) is 1. The van der Waals surface area contributed by atoms with Crippen molar-refractivity contribution in [1.29, 1.82) is 0 Å². The van der Waals surface area contributed by atoms with Gasteiger partial charge >= 0.3 is 0 Å². The highest BCUT2D eigenvalue weighted by Gasteiger charge is 2.28. The largest absolute Gasteiger partial charge is 0.328 e. The Morgan fingerprint density at radius 2 is 1.33 bits per heavy atom. The van der Waals surface area contributed by atoms with E-state index in [2.05, 4.69) is 11.8 Å². The molecule has 18 heavy (non-hydrogen) atoms. The van der Waals surface area contributed by atoms with Crippen LogP contribution in [0.15, 0.2) is 0 Å². The van der Waals surface area contributed by atoms with Crippen molar-refractivity contribution in [3.8, 4) is 0 Å². The van der Waals surface area contributed by atoms with Crippen molar-refractivity contribution in [3.63, 3.8) is 0 Å². The molecule has 0 bridgehead atoms. The van der Waals surface area contributed by atoms with E-state index in [1.54, 1.807) is 0 Å². The number of rotatable bonds is 5. The topological polar surface area (TPSA) is 29.3 Å². The quantitative estimate of drug-likeness (QED) is 0.808. The molecule has 2 aliphatic rings. The highest BCUT2D eigenvalue weighted by molar-refractivity contribution is 4.84. The van der Waals surface area contributed by atoms with Gasteiger partial charge < -0.3 is 5.73 Å². The summed E-state index contributed by atoms with van der Waals surface area (Å²) in [5.74, 6) is 0. The van der Waals surface area contributed by atoms with Crippen molar-refractivity contribution in [3.05, 3.63) is 0 Å². The van der Waals surface area contributed by atoms with Crippen molar-refractivity contribution < 1.29 is 0 Å². The third kappa shape index (κ3) is 4.24. The Hall–Kier alpha value is -0.0800. The third-order valence-electron chi connectivity index (χ3n) is 4.93. The lowest BCUT2D eigenvalue weighted by Gasteiger charge is -2.42. The maximum atomic E-state index is 5.97. The SMILES string of the molecule is C[C@@H](N)CCN(C1CCCCC1)C1CCCCC1. The predicted molar refractivity (Wildman–Crippen MR) is 78.7 cm³/mol. The normalized spacial score (nSPS) is 25.5. The summed E-state index contributed by atoms with van der Waals surface area (Å²) in [6, 6.07) is 2.11. The molecule has 0 radical (unpaired) electrons. The van der Waals surface area contributed by atoms with Crippen LogP contribution in [0.3, 0.4) is 0 Å². The molecule has 0 aromatic carbocycles. The van der Waals surface area contributed by atoms with Gasteiger partial charge in [0.2, 0.25) is 0 Å². The smallest absolute Gasteiger partial charge is 0.00982 e. The maximum Gasteiger partial charge on any atom is 0.00982 e. The van der Waals surface area contributed by atoms with Crippen molar-refractivity contribution in [2.75, 3.05) is 6.54 Å². The molecule has 0 saturated heterocycles. The molecule has 0 unspecified atom stereocenters. The monoisotopic (exact) mass is 252 g/mol. The highest BCUT2D eigenvalue weighted by atomic mass is 15.2. The fraction of sp³-hybridized carbons (Fsp3) is 1.00. The minimum absolute atomic E-state index is 0.361. The van der Waals surface area contributed by atoms with Gasteiger partial charge in [0.1, 0.15) is 0 Å². The Labute approximate surface area is 113 Å². The molecule has 2 aliphatic carbocycles. The molecular formula is C16H32N2. The molecule has 0 aliphatic heterocycles. The standard InChI is InChI=1S/C16H32N2/c1-14(17)12-13-18(15-8-4-2-5-9-15)16-10-6-3-7-11-16/h14-16H,2-13,17H2,1H3/t14-/m1/s1. The van der Waals surface area contributed by atoms with Crippen LogP contribution in [0.5, 0.6) is 0 Å². The van der Waals surface area contributed by atoms with Gasteiger partial charge in [-0.3, -0.25) is 4.90 Å². The zero-order chi connectivity index (χ0) is 12.8. The molecule has 106 valence electrons. The zero-order valence-corrected chi connectivity index (χ0v) is 12.2. The molecular weight excluding hydrogens is 220 g/mol. The lowest BCUT2D eigenvalue weighted by atomic mass is 9.88. The van der Waals surface area contributed by atoms with Crippen LogP contribution in [0, 0.1) is 0 Å². The number of hydrogen-bond acceptors (Lipinski definition) is 2. The molecule has 0 heterocycles. The van der Waals surface area contributed by atoms with Gasteiger partial charge in [-0.1, -0.05) is 38.5 Å². The second kappa shape index (κ2) is 7.49. The molecule has 0 spiro atoms. The molecule has 2 nitrogen and oxygen atoms in total. The van der Waals surface area contributed by atoms with E-state index in [1.807, 2.05) is 0 Å². The summed E-state index contributed by atoms with van der Waals surface area (Å²) < 4.78 is 0. The first-order valence-corrected chi connectivity index (χ1v) is 8.28.